The van der Waals surface area contributed by atoms with Crippen molar-refractivity contribution in [3.8, 4) is 17.4 Å². The largest absolute Gasteiger partial charge is 0.490 e. The van der Waals surface area contributed by atoms with Gasteiger partial charge in [-0.3, -0.25) is 14.8 Å². The Morgan fingerprint density at radius 3 is 1.37 bits per heavy atom. The first-order valence-electron chi connectivity index (χ1n) is 24.3. The number of benzene rings is 3. The number of pyridine rings is 3. The number of nitrogens with one attached hydrogen (secondary N) is 3. The third-order valence-electron chi connectivity index (χ3n) is 12.8. The Labute approximate surface area is 424 Å². The number of piperidine rings is 1. The number of carbonyl (C=O) groups is 5. The van der Waals surface area contributed by atoms with Gasteiger partial charge in [0.15, 0.2) is 0 Å². The van der Waals surface area contributed by atoms with Crippen LogP contribution in [0.4, 0.5) is 26.7 Å². The summed E-state index contributed by atoms with van der Waals surface area (Å²) in [5, 5.41) is 9.25. The second-order valence-electron chi connectivity index (χ2n) is 17.5. The van der Waals surface area contributed by atoms with Crippen LogP contribution in [-0.2, 0) is 14.4 Å². The molecule has 2 unspecified atom stereocenters. The highest BCUT2D eigenvalue weighted by Crippen LogP contribution is 2.31. The molecule has 0 saturated carbocycles. The van der Waals surface area contributed by atoms with Gasteiger partial charge in [-0.1, -0.05) is 60.7 Å². The fourth-order valence-electron chi connectivity index (χ4n) is 8.94. The summed E-state index contributed by atoms with van der Waals surface area (Å²) in [6.07, 6.45) is 11.4. The number of quaternary nitrogens is 2. The molecule has 7 amide bonds. The molecule has 380 valence electrons. The number of primary amides is 2. The van der Waals surface area contributed by atoms with E-state index in [9.17, 15) is 24.0 Å². The highest BCUT2D eigenvalue weighted by Gasteiger charge is 2.56. The van der Waals surface area contributed by atoms with E-state index in [-0.39, 0.29) is 36.9 Å². The van der Waals surface area contributed by atoms with Crippen LogP contribution in [0.2, 0.25) is 0 Å². The van der Waals surface area contributed by atoms with Crippen molar-refractivity contribution in [2.75, 3.05) is 61.8 Å². The van der Waals surface area contributed by atoms with E-state index in [1.165, 1.54) is 0 Å². The van der Waals surface area contributed by atoms with E-state index >= 15 is 0 Å². The second-order valence-corrected chi connectivity index (χ2v) is 17.5. The van der Waals surface area contributed by atoms with E-state index < -0.39 is 33.5 Å². The van der Waals surface area contributed by atoms with E-state index in [0.717, 1.165) is 48.7 Å². The highest BCUT2D eigenvalue weighted by molar-refractivity contribution is 5.87. The Hall–Kier alpha value is -8.42. The zero-order chi connectivity index (χ0) is 51.3. The summed E-state index contributed by atoms with van der Waals surface area (Å²) < 4.78 is 16.6. The van der Waals surface area contributed by atoms with Gasteiger partial charge in [-0.05, 0) is 66.7 Å². The van der Waals surface area contributed by atoms with Gasteiger partial charge in [0.1, 0.15) is 30.7 Å². The number of rotatable bonds is 15. The minimum absolute atomic E-state index is 0.00313. The quantitative estimate of drug-likeness (QED) is 0.0666. The summed E-state index contributed by atoms with van der Waals surface area (Å²) in [5.41, 5.74) is 13.9. The Morgan fingerprint density at radius 2 is 0.932 bits per heavy atom. The fourth-order valence-corrected chi connectivity index (χ4v) is 8.94. The van der Waals surface area contributed by atoms with Crippen LogP contribution in [0.5, 0.6) is 17.4 Å². The average Bonchev–Trinajstić information content (AvgIpc) is 4.07. The monoisotopic (exact) mass is 993 g/mol. The number of nitrogens with two attached hydrogens (primary N) is 2. The first-order valence-corrected chi connectivity index (χ1v) is 24.3. The molecule has 19 nitrogen and oxygen atoms in total. The van der Waals surface area contributed by atoms with Crippen LogP contribution in [0.25, 0.3) is 0 Å². The predicted molar refractivity (Wildman–Crippen MR) is 274 cm³/mol. The lowest BCUT2D eigenvalue weighted by molar-refractivity contribution is -0.807. The summed E-state index contributed by atoms with van der Waals surface area (Å²) in [5.74, 6) is 1.31. The van der Waals surface area contributed by atoms with E-state index in [2.05, 4.69) is 30.9 Å². The van der Waals surface area contributed by atoms with Gasteiger partial charge in [0.2, 0.25) is 18.0 Å². The number of anilines is 3. The molecule has 4 atom stereocenters. The number of likely N-dealkylation sites (tertiary alicyclic amines) is 3. The number of imide groups is 2. The van der Waals surface area contributed by atoms with E-state index in [0.29, 0.717) is 56.9 Å². The molecule has 3 aliphatic rings. The number of urea groups is 2. The molecule has 7 N–H and O–H groups in total. The van der Waals surface area contributed by atoms with E-state index in [4.69, 9.17) is 25.7 Å². The summed E-state index contributed by atoms with van der Waals surface area (Å²) in [6, 6.07) is 39.5. The Morgan fingerprint density at radius 1 is 0.507 bits per heavy atom. The number of amides is 7. The lowest BCUT2D eigenvalue weighted by Gasteiger charge is -2.32. The van der Waals surface area contributed by atoms with Crippen LogP contribution in [0.3, 0.4) is 0 Å². The zero-order valence-electron chi connectivity index (χ0n) is 40.6. The lowest BCUT2D eigenvalue weighted by atomic mass is 10.1. The van der Waals surface area contributed by atoms with Crippen molar-refractivity contribution in [3.63, 3.8) is 0 Å². The highest BCUT2D eigenvalue weighted by atomic mass is 16.5. The number of ether oxygens (including phenoxy) is 3. The Kier molecular flexibility index (Phi) is 18.8. The van der Waals surface area contributed by atoms with Gasteiger partial charge in [0.05, 0.1) is 19.6 Å². The summed E-state index contributed by atoms with van der Waals surface area (Å²) in [6.45, 7) is 2.50. The number of para-hydroxylation sites is 3. The smallest absolute Gasteiger partial charge is 0.424 e. The average molecular weight is 994 g/mol. The minimum atomic E-state index is -0.696. The molecule has 3 fully saturated rings. The maximum absolute atomic E-state index is 12.9. The normalized spacial score (nSPS) is 20.1. The molecule has 3 aromatic carbocycles. The van der Waals surface area contributed by atoms with Crippen molar-refractivity contribution in [2.24, 2.45) is 11.5 Å². The number of hydrogen-bond donors (Lipinski definition) is 5. The summed E-state index contributed by atoms with van der Waals surface area (Å²) in [4.78, 5) is 76.4. The van der Waals surface area contributed by atoms with Gasteiger partial charge >= 0.3 is 23.9 Å². The Balaban J connectivity index is 0.000000160. The number of nitrogens with zero attached hydrogens (tertiary/aromatic N) is 6. The SMILES string of the molecule is NC(=O)[N@@+]1(C(=O)CNc2ccccc2)CCCC1Oc1ccccn1.NC(=O)[N@@+]1(C(=O)CNc2ccccc2)CCCC1Oc1ccncc1.O=C(CNc1ccccc1)N1CCC(Oc2ccncc2)CC1. The van der Waals surface area contributed by atoms with Crippen LogP contribution < -0.4 is 41.6 Å². The minimum Gasteiger partial charge on any atom is -0.490 e. The van der Waals surface area contributed by atoms with Crippen LogP contribution >= 0.6 is 0 Å². The van der Waals surface area contributed by atoms with Crippen molar-refractivity contribution in [1.82, 2.24) is 19.9 Å². The first-order chi connectivity index (χ1) is 35.6. The van der Waals surface area contributed by atoms with Gasteiger partial charge < -0.3 is 46.5 Å². The molecule has 3 aromatic heterocycles. The van der Waals surface area contributed by atoms with Gasteiger partial charge in [-0.25, -0.2) is 24.2 Å². The molecule has 73 heavy (non-hydrogen) atoms. The molecule has 3 saturated heterocycles. The van der Waals surface area contributed by atoms with Crippen molar-refractivity contribution in [2.45, 2.75) is 57.1 Å². The van der Waals surface area contributed by atoms with Crippen LogP contribution in [0, 0.1) is 0 Å². The van der Waals surface area contributed by atoms with Gasteiger partial charge in [-0.2, -0.15) is 0 Å². The molecule has 19 heteroatoms. The fraction of sp³-hybridized carbons (Fsp3) is 0.296. The Bertz CT molecular complexity index is 2550. The summed E-state index contributed by atoms with van der Waals surface area (Å²) >= 11 is 0. The van der Waals surface area contributed by atoms with E-state index in [1.807, 2.05) is 108 Å². The third kappa shape index (κ3) is 14.1. The molecule has 3 aliphatic heterocycles. The van der Waals surface area contributed by atoms with E-state index in [1.54, 1.807) is 61.3 Å². The molecule has 6 aromatic rings. The number of hydrogen-bond acceptors (Lipinski definition) is 14. The zero-order valence-corrected chi connectivity index (χ0v) is 40.6. The molecular weight excluding hydrogens is 931 g/mol. The maximum Gasteiger partial charge on any atom is 0.424 e. The van der Waals surface area contributed by atoms with Gasteiger partial charge in [-0.15, -0.1) is 8.97 Å². The standard InChI is InChI=1S/2C18H20N4O3.C18H21N3O2/c19-18(24)22(16(23)13-21-14-7-2-1-3-8-14)12-6-10-17(22)25-15-9-4-5-11-20-15;19-18(24)22(16(23)13-21-14-5-2-1-3-6-14)12-4-7-17(22)25-15-8-10-20-11-9-15;22-18(14-20-15-4-2-1-3-5-15)21-12-8-17(9-13-21)23-16-6-10-19-11-7-16/h1-5,7-9,11,17,21H,6,10,12-13H2,(H-,19,24);1-3,5-6,8-11,17,21H,4,7,12-13H2,(H-,19,24);1-7,10-11,17,20H,8-9,12-14H2/p+2/t2*17?,22-;/m11./s1. The van der Waals surface area contributed by atoms with Crippen LogP contribution in [0.1, 0.15) is 38.5 Å². The molecule has 0 aliphatic carbocycles. The second kappa shape index (κ2) is 26.1. The van der Waals surface area contributed by atoms with Gasteiger partial charge in [0.25, 0.3) is 6.23 Å². The van der Waals surface area contributed by atoms with Gasteiger partial charge in [0, 0.05) is 106 Å². The maximum atomic E-state index is 12.9. The lowest BCUT2D eigenvalue weighted by Crippen LogP contribution is -2.65. The van der Waals surface area contributed by atoms with Crippen molar-refractivity contribution < 1.29 is 47.1 Å². The number of aromatic nitrogens is 3. The molecule has 6 heterocycles. The first kappa shape index (κ1) is 52.4. The van der Waals surface area contributed by atoms with Crippen LogP contribution in [0.15, 0.2) is 164 Å². The molecule has 0 radical (unpaired) electrons. The topological polar surface area (TPSA) is 243 Å². The summed E-state index contributed by atoms with van der Waals surface area (Å²) in [7, 11) is 0. The molecule has 0 bridgehead atoms. The predicted octanol–water partition coefficient (Wildman–Crippen LogP) is 6.79. The van der Waals surface area contributed by atoms with Crippen molar-refractivity contribution >= 4 is 46.8 Å². The van der Waals surface area contributed by atoms with Crippen LogP contribution in [-0.4, -0.2) is 123 Å². The molecule has 0 spiro atoms. The molecular formula is C54H63N11O8+2. The number of carbonyl (C=O) groups excluding carboxylic acids is 5. The van der Waals surface area contributed by atoms with Crippen molar-refractivity contribution in [1.29, 1.82) is 0 Å². The van der Waals surface area contributed by atoms with Crippen molar-refractivity contribution in [3.05, 3.63) is 164 Å². The third-order valence-corrected chi connectivity index (χ3v) is 12.8. The molecule has 9 rings (SSSR count).